The second-order valence-electron chi connectivity index (χ2n) is 5.81. The zero-order valence-corrected chi connectivity index (χ0v) is 12.0. The van der Waals surface area contributed by atoms with E-state index in [1.54, 1.807) is 0 Å². The fourth-order valence-corrected chi connectivity index (χ4v) is 3.30. The van der Waals surface area contributed by atoms with E-state index in [2.05, 4.69) is 30.0 Å². The van der Waals surface area contributed by atoms with Crippen molar-refractivity contribution in [1.82, 2.24) is 0 Å². The molecule has 0 spiro atoms. The normalized spacial score (nSPS) is 20.0. The van der Waals surface area contributed by atoms with Gasteiger partial charge in [0.2, 0.25) is 0 Å². The van der Waals surface area contributed by atoms with Crippen LogP contribution in [0.3, 0.4) is 0 Å². The number of nitrogens with zero attached hydrogens (tertiary/aromatic N) is 1. The van der Waals surface area contributed by atoms with Crippen LogP contribution in [0.15, 0.2) is 42.5 Å². The SMILES string of the molecule is Cc1ccc2c(c1)N1CCC(=O)CC1c1ccccc1O2. The summed E-state index contributed by atoms with van der Waals surface area (Å²) in [6.45, 7) is 2.85. The van der Waals surface area contributed by atoms with Crippen molar-refractivity contribution in [3.05, 3.63) is 53.6 Å². The van der Waals surface area contributed by atoms with Crippen molar-refractivity contribution in [1.29, 1.82) is 0 Å². The number of para-hydroxylation sites is 1. The van der Waals surface area contributed by atoms with Crippen molar-refractivity contribution >= 4 is 11.5 Å². The van der Waals surface area contributed by atoms with Gasteiger partial charge in [-0.2, -0.15) is 0 Å². The van der Waals surface area contributed by atoms with Gasteiger partial charge in [0.1, 0.15) is 11.5 Å². The number of aryl methyl sites for hydroxylation is 1. The standard InChI is InChI=1S/C18H17NO2/c1-12-6-7-18-16(10-12)19-9-8-13(20)11-15(19)14-4-2-3-5-17(14)21-18/h2-7,10,15H,8-9,11H2,1H3. The van der Waals surface area contributed by atoms with Crippen molar-refractivity contribution in [2.45, 2.75) is 25.8 Å². The van der Waals surface area contributed by atoms with Gasteiger partial charge in [-0.25, -0.2) is 0 Å². The van der Waals surface area contributed by atoms with Gasteiger partial charge in [-0.1, -0.05) is 24.3 Å². The Hall–Kier alpha value is -2.29. The molecule has 1 saturated heterocycles. The number of hydrogen-bond acceptors (Lipinski definition) is 3. The first-order chi connectivity index (χ1) is 10.2. The van der Waals surface area contributed by atoms with Crippen LogP contribution in [-0.2, 0) is 4.79 Å². The fraction of sp³-hybridized carbons (Fsp3) is 0.278. The molecule has 4 rings (SSSR count). The largest absolute Gasteiger partial charge is 0.455 e. The molecule has 3 nitrogen and oxygen atoms in total. The van der Waals surface area contributed by atoms with Crippen LogP contribution in [0.1, 0.15) is 30.0 Å². The van der Waals surface area contributed by atoms with E-state index in [1.165, 1.54) is 5.56 Å². The molecule has 106 valence electrons. The van der Waals surface area contributed by atoms with E-state index in [0.29, 0.717) is 18.6 Å². The molecular formula is C18H17NO2. The Labute approximate surface area is 124 Å². The molecule has 2 aliphatic rings. The van der Waals surface area contributed by atoms with Gasteiger partial charge >= 0.3 is 0 Å². The molecule has 1 fully saturated rings. The second kappa shape index (κ2) is 4.62. The van der Waals surface area contributed by atoms with Gasteiger partial charge in [-0.15, -0.1) is 0 Å². The lowest BCUT2D eigenvalue weighted by molar-refractivity contribution is -0.120. The molecule has 2 heterocycles. The van der Waals surface area contributed by atoms with Crippen LogP contribution in [0.5, 0.6) is 11.5 Å². The predicted molar refractivity (Wildman–Crippen MR) is 82.0 cm³/mol. The van der Waals surface area contributed by atoms with Crippen molar-refractivity contribution < 1.29 is 9.53 Å². The molecule has 2 aromatic carbocycles. The molecule has 3 heteroatoms. The molecular weight excluding hydrogens is 262 g/mol. The average molecular weight is 279 g/mol. The molecule has 0 bridgehead atoms. The predicted octanol–water partition coefficient (Wildman–Crippen LogP) is 4.01. The zero-order valence-electron chi connectivity index (χ0n) is 12.0. The van der Waals surface area contributed by atoms with Crippen molar-refractivity contribution in [3.63, 3.8) is 0 Å². The summed E-state index contributed by atoms with van der Waals surface area (Å²) in [7, 11) is 0. The van der Waals surface area contributed by atoms with Gasteiger partial charge in [0.25, 0.3) is 0 Å². The molecule has 0 aliphatic carbocycles. The third-order valence-corrected chi connectivity index (χ3v) is 4.35. The summed E-state index contributed by atoms with van der Waals surface area (Å²) in [5.41, 5.74) is 3.42. The number of benzene rings is 2. The van der Waals surface area contributed by atoms with Gasteiger partial charge in [0.05, 0.1) is 11.7 Å². The van der Waals surface area contributed by atoms with Gasteiger partial charge in [-0.05, 0) is 30.7 Å². The van der Waals surface area contributed by atoms with Crippen LogP contribution in [0.2, 0.25) is 0 Å². The number of hydrogen-bond donors (Lipinski definition) is 0. The highest BCUT2D eigenvalue weighted by molar-refractivity contribution is 5.83. The quantitative estimate of drug-likeness (QED) is 0.729. The third kappa shape index (κ3) is 2.00. The Bertz CT molecular complexity index is 723. The lowest BCUT2D eigenvalue weighted by Crippen LogP contribution is -2.36. The molecule has 1 atom stereocenters. The number of rotatable bonds is 0. The Morgan fingerprint density at radius 2 is 2.00 bits per heavy atom. The van der Waals surface area contributed by atoms with Crippen molar-refractivity contribution in [3.8, 4) is 11.5 Å². The molecule has 21 heavy (non-hydrogen) atoms. The average Bonchev–Trinajstić information content (AvgIpc) is 2.62. The molecule has 2 aliphatic heterocycles. The van der Waals surface area contributed by atoms with Gasteiger partial charge < -0.3 is 9.64 Å². The van der Waals surface area contributed by atoms with E-state index in [1.807, 2.05) is 24.3 Å². The van der Waals surface area contributed by atoms with Crippen LogP contribution in [0.25, 0.3) is 0 Å². The number of ether oxygens (including phenoxy) is 1. The highest BCUT2D eigenvalue weighted by Gasteiger charge is 2.34. The molecule has 0 amide bonds. The topological polar surface area (TPSA) is 29.5 Å². The summed E-state index contributed by atoms with van der Waals surface area (Å²) in [5.74, 6) is 2.08. The molecule has 0 radical (unpaired) electrons. The summed E-state index contributed by atoms with van der Waals surface area (Å²) >= 11 is 0. The van der Waals surface area contributed by atoms with Gasteiger partial charge in [0, 0.05) is 24.9 Å². The van der Waals surface area contributed by atoms with Gasteiger partial charge in [-0.3, -0.25) is 4.79 Å². The maximum absolute atomic E-state index is 12.0. The number of ketones is 1. The van der Waals surface area contributed by atoms with Crippen molar-refractivity contribution in [2.24, 2.45) is 0 Å². The van der Waals surface area contributed by atoms with Crippen LogP contribution in [0.4, 0.5) is 5.69 Å². The van der Waals surface area contributed by atoms with E-state index in [9.17, 15) is 4.79 Å². The van der Waals surface area contributed by atoms with Crippen LogP contribution in [-0.4, -0.2) is 12.3 Å². The first kappa shape index (κ1) is 12.5. The highest BCUT2D eigenvalue weighted by atomic mass is 16.5. The molecule has 0 N–H and O–H groups in total. The Morgan fingerprint density at radius 1 is 1.14 bits per heavy atom. The minimum atomic E-state index is 0.0884. The number of carbonyl (C=O) groups excluding carboxylic acids is 1. The molecule has 0 aromatic heterocycles. The highest BCUT2D eigenvalue weighted by Crippen LogP contribution is 2.46. The minimum absolute atomic E-state index is 0.0884. The Morgan fingerprint density at radius 3 is 2.90 bits per heavy atom. The Balaban J connectivity index is 1.93. The van der Waals surface area contributed by atoms with E-state index in [4.69, 9.17) is 4.74 Å². The minimum Gasteiger partial charge on any atom is -0.455 e. The van der Waals surface area contributed by atoms with Crippen molar-refractivity contribution in [2.75, 3.05) is 11.4 Å². The number of fused-ring (bicyclic) bond motifs is 5. The van der Waals surface area contributed by atoms with Crippen LogP contribution >= 0.6 is 0 Å². The molecule has 0 saturated carbocycles. The Kier molecular flexibility index (Phi) is 2.74. The zero-order chi connectivity index (χ0) is 14.4. The number of piperidine rings is 1. The van der Waals surface area contributed by atoms with Crippen LogP contribution in [0, 0.1) is 6.92 Å². The summed E-state index contributed by atoms with van der Waals surface area (Å²) < 4.78 is 6.13. The first-order valence-corrected chi connectivity index (χ1v) is 7.38. The summed E-state index contributed by atoms with van der Waals surface area (Å²) in [6, 6.07) is 14.4. The number of carbonyl (C=O) groups is 1. The fourth-order valence-electron chi connectivity index (χ4n) is 3.30. The lowest BCUT2D eigenvalue weighted by atomic mass is 9.93. The number of anilines is 1. The maximum atomic E-state index is 12.0. The van der Waals surface area contributed by atoms with Gasteiger partial charge in [0.15, 0.2) is 5.75 Å². The van der Waals surface area contributed by atoms with Crippen LogP contribution < -0.4 is 9.64 Å². The third-order valence-electron chi connectivity index (χ3n) is 4.35. The maximum Gasteiger partial charge on any atom is 0.150 e. The second-order valence-corrected chi connectivity index (χ2v) is 5.81. The van der Waals surface area contributed by atoms with E-state index >= 15 is 0 Å². The summed E-state index contributed by atoms with van der Waals surface area (Å²) in [4.78, 5) is 14.3. The molecule has 1 unspecified atom stereocenters. The summed E-state index contributed by atoms with van der Waals surface area (Å²) in [6.07, 6.45) is 1.18. The van der Waals surface area contributed by atoms with E-state index in [-0.39, 0.29) is 6.04 Å². The molecule has 2 aromatic rings. The lowest BCUT2D eigenvalue weighted by Gasteiger charge is -2.36. The van der Waals surface area contributed by atoms with E-state index in [0.717, 1.165) is 29.3 Å². The first-order valence-electron chi connectivity index (χ1n) is 7.38. The number of Topliss-reactive ketones (excluding diaryl/α,β-unsaturated/α-hetero) is 1. The summed E-state index contributed by atoms with van der Waals surface area (Å²) in [5, 5.41) is 0. The van der Waals surface area contributed by atoms with E-state index < -0.39 is 0 Å². The smallest absolute Gasteiger partial charge is 0.150 e. The monoisotopic (exact) mass is 279 g/mol.